The molecule has 4 atom stereocenters. The molecule has 1 saturated carbocycles. The van der Waals surface area contributed by atoms with Gasteiger partial charge in [-0.2, -0.15) is 0 Å². The molecule has 2 nitrogen and oxygen atoms in total. The minimum atomic E-state index is -0.826. The summed E-state index contributed by atoms with van der Waals surface area (Å²) >= 11 is -0.826. The number of nitrogens with zero attached hydrogens (tertiary/aromatic N) is 2. The van der Waals surface area contributed by atoms with E-state index < -0.39 is 20.8 Å². The van der Waals surface area contributed by atoms with E-state index in [2.05, 4.69) is 62.5 Å². The molecule has 0 heterocycles. The number of hydrogen-bond donors (Lipinski definition) is 0. The zero-order valence-electron chi connectivity index (χ0n) is 17.3. The van der Waals surface area contributed by atoms with Crippen LogP contribution in [-0.4, -0.2) is 6.21 Å². The average Bonchev–Trinajstić information content (AvgIpc) is 2.87. The Labute approximate surface area is 189 Å². The second-order valence-corrected chi connectivity index (χ2v) is 11.1. The van der Waals surface area contributed by atoms with Crippen molar-refractivity contribution in [3.05, 3.63) is 78.6 Å². The summed E-state index contributed by atoms with van der Waals surface area (Å²) in [6.45, 7) is 9.59. The number of hydrogen-bond acceptors (Lipinski definition) is 1. The van der Waals surface area contributed by atoms with E-state index in [4.69, 9.17) is 17.0 Å². The van der Waals surface area contributed by atoms with E-state index in [1.54, 1.807) is 0 Å². The second-order valence-electron chi connectivity index (χ2n) is 7.34. The van der Waals surface area contributed by atoms with Gasteiger partial charge in [-0.3, -0.25) is 0 Å². The van der Waals surface area contributed by atoms with Crippen LogP contribution >= 0.6 is 17.0 Å². The van der Waals surface area contributed by atoms with Crippen LogP contribution in [0, 0.1) is 31.1 Å². The fourth-order valence-electron chi connectivity index (χ4n) is 4.24. The van der Waals surface area contributed by atoms with Crippen molar-refractivity contribution in [3.63, 3.8) is 0 Å². The normalized spacial score (nSPS) is 26.0. The summed E-state index contributed by atoms with van der Waals surface area (Å²) in [5, 5.41) is 4.33. The zero-order valence-corrected chi connectivity index (χ0v) is 21.3. The number of halogens is 2. The SMILES string of the molecule is CC1C(C)C(C)C(c2ccccc2/C=N/[N-]c2ccccc2)C1C.[CH3-].[Cl][Zr+2][Cl]. The van der Waals surface area contributed by atoms with Crippen molar-refractivity contribution in [1.29, 1.82) is 0 Å². The molecule has 1 aliphatic rings. The Balaban J connectivity index is 0.000000921. The van der Waals surface area contributed by atoms with Crippen molar-refractivity contribution in [2.75, 3.05) is 0 Å². The topological polar surface area (TPSA) is 26.5 Å². The van der Waals surface area contributed by atoms with Crippen LogP contribution in [0.1, 0.15) is 44.7 Å². The fraction of sp³-hybridized carbons (Fsp3) is 0.391. The molecule has 3 rings (SSSR count). The summed E-state index contributed by atoms with van der Waals surface area (Å²) in [6.07, 6.45) is 1.91. The third-order valence-electron chi connectivity index (χ3n) is 6.10. The molecule has 1 aliphatic carbocycles. The van der Waals surface area contributed by atoms with E-state index in [1.165, 1.54) is 11.1 Å². The Morgan fingerprint density at radius 3 is 1.89 bits per heavy atom. The average molecular weight is 497 g/mol. The van der Waals surface area contributed by atoms with Crippen LogP contribution in [0.2, 0.25) is 0 Å². The van der Waals surface area contributed by atoms with Crippen LogP contribution < -0.4 is 0 Å². The third kappa shape index (κ3) is 6.44. The molecule has 0 N–H and O–H groups in total. The van der Waals surface area contributed by atoms with Crippen LogP contribution in [0.15, 0.2) is 59.7 Å². The maximum absolute atomic E-state index is 4.93. The first-order chi connectivity index (χ1) is 13.0. The molecule has 0 saturated heterocycles. The Hall–Kier alpha value is -0.627. The van der Waals surface area contributed by atoms with E-state index in [1.807, 2.05) is 36.5 Å². The van der Waals surface area contributed by atoms with Crippen LogP contribution in [0.5, 0.6) is 0 Å². The molecule has 2 aromatic rings. The molecular weight excluding hydrogens is 466 g/mol. The van der Waals surface area contributed by atoms with Crippen LogP contribution in [0.4, 0.5) is 5.69 Å². The summed E-state index contributed by atoms with van der Waals surface area (Å²) in [4.78, 5) is 0. The van der Waals surface area contributed by atoms with Gasteiger partial charge in [-0.05, 0) is 40.7 Å². The van der Waals surface area contributed by atoms with E-state index in [-0.39, 0.29) is 7.43 Å². The van der Waals surface area contributed by atoms with Crippen LogP contribution in [0.25, 0.3) is 5.43 Å². The first kappa shape index (κ1) is 25.4. The Kier molecular flexibility index (Phi) is 11.6. The van der Waals surface area contributed by atoms with Crippen molar-refractivity contribution in [2.45, 2.75) is 33.6 Å². The first-order valence-electron chi connectivity index (χ1n) is 9.35. The molecule has 2 aromatic carbocycles. The summed E-state index contributed by atoms with van der Waals surface area (Å²) in [5.41, 5.74) is 7.81. The van der Waals surface area contributed by atoms with Gasteiger partial charge in [0.2, 0.25) is 0 Å². The van der Waals surface area contributed by atoms with Crippen LogP contribution in [-0.2, 0) is 20.8 Å². The quantitative estimate of drug-likeness (QED) is 0.232. The van der Waals surface area contributed by atoms with Crippen molar-refractivity contribution in [3.8, 4) is 0 Å². The summed E-state index contributed by atoms with van der Waals surface area (Å²) < 4.78 is 0. The number of rotatable bonds is 4. The Bertz CT molecular complexity index is 710. The molecule has 0 bridgehead atoms. The van der Waals surface area contributed by atoms with E-state index in [0.29, 0.717) is 17.8 Å². The van der Waals surface area contributed by atoms with Gasteiger partial charge in [0.05, 0.1) is 0 Å². The molecule has 1 fully saturated rings. The maximum atomic E-state index is 4.93. The van der Waals surface area contributed by atoms with Crippen molar-refractivity contribution in [1.82, 2.24) is 0 Å². The molecule has 150 valence electrons. The molecule has 0 radical (unpaired) electrons. The van der Waals surface area contributed by atoms with E-state index in [9.17, 15) is 0 Å². The summed E-state index contributed by atoms with van der Waals surface area (Å²) in [7, 11) is 9.87. The minimum absolute atomic E-state index is 0. The summed E-state index contributed by atoms with van der Waals surface area (Å²) in [6, 6.07) is 18.5. The number of benzene rings is 2. The third-order valence-corrected chi connectivity index (χ3v) is 6.10. The fourth-order valence-corrected chi connectivity index (χ4v) is 4.24. The van der Waals surface area contributed by atoms with Gasteiger partial charge in [0, 0.05) is 6.21 Å². The standard InChI is InChI=1S/C22H27N2.CH3.2ClH.Zr/c1-15-16(2)18(4)22(17(15)3)21-13-9-8-10-19(21)14-23-24-20-11-6-5-7-12-20;;;;/h5-18,22H,1-4H3;1H3;2*1H;/q2*-1;;;+4/p-2/b23-14+;;;;. The van der Waals surface area contributed by atoms with Gasteiger partial charge < -0.3 is 18.0 Å². The monoisotopic (exact) mass is 494 g/mol. The zero-order chi connectivity index (χ0) is 19.8. The van der Waals surface area contributed by atoms with E-state index >= 15 is 0 Å². The van der Waals surface area contributed by atoms with E-state index in [0.717, 1.165) is 17.5 Å². The van der Waals surface area contributed by atoms with Crippen molar-refractivity contribution in [2.24, 2.45) is 28.8 Å². The van der Waals surface area contributed by atoms with Gasteiger partial charge in [-0.1, -0.05) is 82.3 Å². The molecule has 0 aromatic heterocycles. The molecule has 28 heavy (non-hydrogen) atoms. The molecular formula is C23H30Cl2N2Zr. The second kappa shape index (κ2) is 12.8. The first-order valence-corrected chi connectivity index (χ1v) is 15.7. The predicted octanol–water partition coefficient (Wildman–Crippen LogP) is 8.19. The predicted molar refractivity (Wildman–Crippen MR) is 121 cm³/mol. The van der Waals surface area contributed by atoms with Gasteiger partial charge in [-0.15, -0.1) is 5.69 Å². The van der Waals surface area contributed by atoms with Gasteiger partial charge in [0.1, 0.15) is 0 Å². The van der Waals surface area contributed by atoms with Gasteiger partial charge in [0.15, 0.2) is 0 Å². The molecule has 0 aliphatic heterocycles. The van der Waals surface area contributed by atoms with Gasteiger partial charge in [0.25, 0.3) is 0 Å². The van der Waals surface area contributed by atoms with Crippen LogP contribution in [0.3, 0.4) is 0 Å². The van der Waals surface area contributed by atoms with Crippen molar-refractivity contribution < 1.29 is 20.8 Å². The molecule has 0 spiro atoms. The van der Waals surface area contributed by atoms with Crippen molar-refractivity contribution >= 4 is 28.9 Å². The van der Waals surface area contributed by atoms with Gasteiger partial charge in [-0.25, -0.2) is 0 Å². The molecule has 4 unspecified atom stereocenters. The Morgan fingerprint density at radius 1 is 0.821 bits per heavy atom. The molecule has 0 amide bonds. The van der Waals surface area contributed by atoms with Gasteiger partial charge >= 0.3 is 37.9 Å². The summed E-state index contributed by atoms with van der Waals surface area (Å²) in [5.74, 6) is 3.48. The molecule has 5 heteroatoms. The Morgan fingerprint density at radius 2 is 1.32 bits per heavy atom.